The third kappa shape index (κ3) is 3.22. The van der Waals surface area contributed by atoms with Crippen LogP contribution in [0.3, 0.4) is 0 Å². The van der Waals surface area contributed by atoms with E-state index in [0.717, 1.165) is 0 Å². The van der Waals surface area contributed by atoms with Crippen LogP contribution in [0.1, 0.15) is 12.0 Å². The van der Waals surface area contributed by atoms with E-state index in [1.807, 2.05) is 0 Å². The molecule has 1 rings (SSSR count). The van der Waals surface area contributed by atoms with Crippen molar-refractivity contribution in [1.82, 2.24) is 4.98 Å². The van der Waals surface area contributed by atoms with Crippen molar-refractivity contribution in [3.8, 4) is 5.75 Å². The van der Waals surface area contributed by atoms with E-state index in [0.29, 0.717) is 12.3 Å². The molecule has 0 saturated carbocycles. The first kappa shape index (κ1) is 11.5. The Morgan fingerprint density at radius 2 is 1.93 bits per heavy atom. The molecule has 0 saturated heterocycles. The van der Waals surface area contributed by atoms with Gasteiger partial charge in [0.2, 0.25) is 0 Å². The second kappa shape index (κ2) is 3.87. The van der Waals surface area contributed by atoms with E-state index in [2.05, 4.69) is 9.72 Å². The number of nitrogens with zero attached hydrogens (tertiary/aromatic N) is 1. The molecular weight excluding hydrogens is 223 g/mol. The number of rotatable bonds is 2. The number of pyridine rings is 1. The molecule has 2 N–H and O–H groups in total. The van der Waals surface area contributed by atoms with Crippen LogP contribution in [0.5, 0.6) is 5.75 Å². The highest BCUT2D eigenvalue weighted by Crippen LogP contribution is 2.32. The summed E-state index contributed by atoms with van der Waals surface area (Å²) in [6.07, 6.45) is -7.65. The maximum absolute atomic E-state index is 12.3. The molecule has 1 aromatic heterocycles. The molecule has 0 spiro atoms. The molecule has 1 heterocycles. The lowest BCUT2D eigenvalue weighted by molar-refractivity contribution is -0.275. The summed E-state index contributed by atoms with van der Waals surface area (Å²) in [7, 11) is 0. The van der Waals surface area contributed by atoms with Crippen molar-refractivity contribution in [2.24, 2.45) is 0 Å². The standard InChI is InChI=1S/C7H5F5N2O/c8-6(9)3-1-5(13)14-2-4(3)15-7(10,11)12/h1-2,6H,(H2,13,14). The first-order valence-electron chi connectivity index (χ1n) is 3.59. The van der Waals surface area contributed by atoms with E-state index in [1.165, 1.54) is 0 Å². The molecule has 0 unspecified atom stereocenters. The fourth-order valence-electron chi connectivity index (χ4n) is 0.856. The molecule has 0 aromatic carbocycles. The van der Waals surface area contributed by atoms with Gasteiger partial charge in [-0.05, 0) is 6.07 Å². The maximum atomic E-state index is 12.3. The molecule has 0 fully saturated rings. The Hall–Kier alpha value is -1.60. The van der Waals surface area contributed by atoms with Gasteiger partial charge < -0.3 is 10.5 Å². The Morgan fingerprint density at radius 3 is 2.40 bits per heavy atom. The molecule has 0 aliphatic heterocycles. The van der Waals surface area contributed by atoms with E-state index in [9.17, 15) is 22.0 Å². The van der Waals surface area contributed by atoms with Crippen molar-refractivity contribution in [1.29, 1.82) is 0 Å². The predicted molar refractivity (Wildman–Crippen MR) is 40.3 cm³/mol. The number of nitrogens with two attached hydrogens (primary N) is 1. The summed E-state index contributed by atoms with van der Waals surface area (Å²) in [4.78, 5) is 3.23. The lowest BCUT2D eigenvalue weighted by atomic mass is 10.2. The number of ether oxygens (including phenoxy) is 1. The van der Waals surface area contributed by atoms with Crippen molar-refractivity contribution in [2.75, 3.05) is 5.73 Å². The van der Waals surface area contributed by atoms with Crippen LogP contribution >= 0.6 is 0 Å². The van der Waals surface area contributed by atoms with Gasteiger partial charge in [0.05, 0.1) is 11.8 Å². The van der Waals surface area contributed by atoms with Crippen LogP contribution < -0.4 is 10.5 Å². The monoisotopic (exact) mass is 228 g/mol. The van der Waals surface area contributed by atoms with Crippen molar-refractivity contribution < 1.29 is 26.7 Å². The fraction of sp³-hybridized carbons (Fsp3) is 0.286. The fourth-order valence-corrected chi connectivity index (χ4v) is 0.856. The molecule has 0 amide bonds. The summed E-state index contributed by atoms with van der Waals surface area (Å²) in [6.45, 7) is 0. The molecule has 1 aromatic rings. The van der Waals surface area contributed by atoms with E-state index in [1.54, 1.807) is 0 Å². The SMILES string of the molecule is Nc1cc(C(F)F)c(OC(F)(F)F)cn1. The first-order valence-corrected chi connectivity index (χ1v) is 3.59. The summed E-state index contributed by atoms with van der Waals surface area (Å²) < 4.78 is 63.1. The largest absolute Gasteiger partial charge is 0.573 e. The minimum atomic E-state index is -5.04. The van der Waals surface area contributed by atoms with Crippen LogP contribution in [0, 0.1) is 0 Å². The lowest BCUT2D eigenvalue weighted by Crippen LogP contribution is -2.18. The number of hydrogen-bond donors (Lipinski definition) is 1. The van der Waals surface area contributed by atoms with Gasteiger partial charge in [0, 0.05) is 0 Å². The Balaban J connectivity index is 3.06. The molecule has 0 aliphatic carbocycles. The number of anilines is 1. The topological polar surface area (TPSA) is 48.1 Å². The van der Waals surface area contributed by atoms with Crippen LogP contribution in [0.15, 0.2) is 12.3 Å². The molecule has 0 radical (unpaired) electrons. The van der Waals surface area contributed by atoms with Gasteiger partial charge in [-0.25, -0.2) is 13.8 Å². The Bertz CT molecular complexity index is 352. The van der Waals surface area contributed by atoms with Crippen LogP contribution in [0.2, 0.25) is 0 Å². The van der Waals surface area contributed by atoms with Crippen molar-refractivity contribution in [3.63, 3.8) is 0 Å². The van der Waals surface area contributed by atoms with E-state index in [-0.39, 0.29) is 5.82 Å². The van der Waals surface area contributed by atoms with Crippen LogP contribution in [-0.4, -0.2) is 11.3 Å². The van der Waals surface area contributed by atoms with Crippen molar-refractivity contribution >= 4 is 5.82 Å². The molecule has 84 valence electrons. The van der Waals surface area contributed by atoms with Gasteiger partial charge >= 0.3 is 6.36 Å². The third-order valence-electron chi connectivity index (χ3n) is 1.38. The molecule has 8 heteroatoms. The molecule has 0 bridgehead atoms. The molecule has 0 atom stereocenters. The zero-order chi connectivity index (χ0) is 11.6. The number of hydrogen-bond acceptors (Lipinski definition) is 3. The number of aromatic nitrogens is 1. The number of alkyl halides is 5. The minimum absolute atomic E-state index is 0.306. The Labute approximate surface area is 80.7 Å². The molecule has 3 nitrogen and oxygen atoms in total. The Kier molecular flexibility index (Phi) is 2.96. The zero-order valence-electron chi connectivity index (χ0n) is 7.05. The Morgan fingerprint density at radius 1 is 1.33 bits per heavy atom. The van der Waals surface area contributed by atoms with Crippen LogP contribution in [0.25, 0.3) is 0 Å². The van der Waals surface area contributed by atoms with Gasteiger partial charge in [0.25, 0.3) is 6.43 Å². The average molecular weight is 228 g/mol. The highest BCUT2D eigenvalue weighted by Gasteiger charge is 2.33. The van der Waals surface area contributed by atoms with Gasteiger partial charge in [-0.1, -0.05) is 0 Å². The second-order valence-electron chi connectivity index (χ2n) is 2.50. The minimum Gasteiger partial charge on any atom is -0.404 e. The first-order chi connectivity index (χ1) is 6.79. The summed E-state index contributed by atoms with van der Waals surface area (Å²) in [5.74, 6) is -1.36. The maximum Gasteiger partial charge on any atom is 0.573 e. The summed E-state index contributed by atoms with van der Waals surface area (Å²) >= 11 is 0. The summed E-state index contributed by atoms with van der Waals surface area (Å²) in [5.41, 5.74) is 4.10. The zero-order valence-corrected chi connectivity index (χ0v) is 7.05. The van der Waals surface area contributed by atoms with Gasteiger partial charge in [-0.3, -0.25) is 0 Å². The number of halogens is 5. The van der Waals surface area contributed by atoms with Crippen molar-refractivity contribution in [2.45, 2.75) is 12.8 Å². The quantitative estimate of drug-likeness (QED) is 0.791. The smallest absolute Gasteiger partial charge is 0.404 e. The molecule has 0 aliphatic rings. The highest BCUT2D eigenvalue weighted by molar-refractivity contribution is 5.41. The van der Waals surface area contributed by atoms with Gasteiger partial charge in [-0.2, -0.15) is 0 Å². The molecular formula is C7H5F5N2O. The van der Waals surface area contributed by atoms with E-state index in [4.69, 9.17) is 5.73 Å². The molecule has 15 heavy (non-hydrogen) atoms. The van der Waals surface area contributed by atoms with Gasteiger partial charge in [0.1, 0.15) is 5.82 Å². The average Bonchev–Trinajstić information content (AvgIpc) is 2.05. The van der Waals surface area contributed by atoms with Gasteiger partial charge in [-0.15, -0.1) is 13.2 Å². The normalized spacial score (nSPS) is 11.9. The van der Waals surface area contributed by atoms with Crippen LogP contribution in [0.4, 0.5) is 27.8 Å². The number of nitrogen functional groups attached to an aromatic ring is 1. The van der Waals surface area contributed by atoms with E-state index < -0.39 is 24.1 Å². The summed E-state index contributed by atoms with van der Waals surface area (Å²) in [5, 5.41) is 0. The van der Waals surface area contributed by atoms with Crippen molar-refractivity contribution in [3.05, 3.63) is 17.8 Å². The third-order valence-corrected chi connectivity index (χ3v) is 1.38. The predicted octanol–water partition coefficient (Wildman–Crippen LogP) is 2.50. The lowest BCUT2D eigenvalue weighted by Gasteiger charge is -2.12. The van der Waals surface area contributed by atoms with Crippen LogP contribution in [-0.2, 0) is 0 Å². The van der Waals surface area contributed by atoms with E-state index >= 15 is 0 Å². The highest BCUT2D eigenvalue weighted by atomic mass is 19.4. The second-order valence-corrected chi connectivity index (χ2v) is 2.50. The van der Waals surface area contributed by atoms with Gasteiger partial charge in [0.15, 0.2) is 5.75 Å². The summed E-state index contributed by atoms with van der Waals surface area (Å²) in [6, 6.07) is 0.631.